The first-order valence-electron chi connectivity index (χ1n) is 8.39. The molecule has 0 aliphatic carbocycles. The second-order valence-electron chi connectivity index (χ2n) is 6.27. The highest BCUT2D eigenvalue weighted by Crippen LogP contribution is 2.30. The lowest BCUT2D eigenvalue weighted by Gasteiger charge is -2.25. The van der Waals surface area contributed by atoms with Crippen LogP contribution < -0.4 is 9.47 Å². The molecule has 3 rings (SSSR count). The number of methoxy groups -OCH3 is 2. The molecule has 1 fully saturated rings. The molecule has 25 heavy (non-hydrogen) atoms. The van der Waals surface area contributed by atoms with Crippen molar-refractivity contribution in [3.63, 3.8) is 0 Å². The average molecular weight is 341 g/mol. The smallest absolute Gasteiger partial charge is 0.223 e. The number of rotatable bonds is 6. The molecule has 1 aliphatic rings. The highest BCUT2D eigenvalue weighted by Gasteiger charge is 2.31. The number of aromatic hydroxyl groups is 1. The minimum absolute atomic E-state index is 0.166. The maximum Gasteiger partial charge on any atom is 0.223 e. The molecule has 1 unspecified atom stereocenters. The zero-order chi connectivity index (χ0) is 17.8. The zero-order valence-electron chi connectivity index (χ0n) is 14.6. The molecule has 2 aromatic carbocycles. The Morgan fingerprint density at radius 3 is 2.40 bits per heavy atom. The molecule has 0 saturated carbocycles. The van der Waals surface area contributed by atoms with Crippen molar-refractivity contribution in [3.05, 3.63) is 53.6 Å². The summed E-state index contributed by atoms with van der Waals surface area (Å²) >= 11 is 0. The molecule has 0 aromatic heterocycles. The summed E-state index contributed by atoms with van der Waals surface area (Å²) in [7, 11) is 3.24. The number of amides is 1. The highest BCUT2D eigenvalue weighted by molar-refractivity contribution is 5.78. The van der Waals surface area contributed by atoms with Gasteiger partial charge in [-0.3, -0.25) is 4.79 Å². The fourth-order valence-corrected chi connectivity index (χ4v) is 3.30. The topological polar surface area (TPSA) is 59.0 Å². The van der Waals surface area contributed by atoms with Crippen molar-refractivity contribution in [1.29, 1.82) is 0 Å². The third-order valence-corrected chi connectivity index (χ3v) is 4.66. The Kier molecular flexibility index (Phi) is 5.12. The molecule has 1 amide bonds. The summed E-state index contributed by atoms with van der Waals surface area (Å²) in [6.45, 7) is 0.567. The van der Waals surface area contributed by atoms with Crippen LogP contribution >= 0.6 is 0 Å². The van der Waals surface area contributed by atoms with Crippen LogP contribution in [-0.2, 0) is 17.8 Å². The molecule has 0 spiro atoms. The van der Waals surface area contributed by atoms with Crippen molar-refractivity contribution in [1.82, 2.24) is 4.90 Å². The zero-order valence-corrected chi connectivity index (χ0v) is 14.6. The third kappa shape index (κ3) is 3.87. The van der Waals surface area contributed by atoms with Gasteiger partial charge in [-0.05, 0) is 48.2 Å². The van der Waals surface area contributed by atoms with Crippen LogP contribution in [0.4, 0.5) is 0 Å². The fraction of sp³-hybridized carbons (Fsp3) is 0.350. The van der Waals surface area contributed by atoms with Crippen LogP contribution in [0.15, 0.2) is 42.5 Å². The molecular weight excluding hydrogens is 318 g/mol. The monoisotopic (exact) mass is 341 g/mol. The Morgan fingerprint density at radius 1 is 1.04 bits per heavy atom. The van der Waals surface area contributed by atoms with Gasteiger partial charge in [0.15, 0.2) is 11.5 Å². The second-order valence-corrected chi connectivity index (χ2v) is 6.27. The summed E-state index contributed by atoms with van der Waals surface area (Å²) in [5, 5.41) is 9.41. The van der Waals surface area contributed by atoms with Crippen molar-refractivity contribution in [2.45, 2.75) is 31.8 Å². The molecule has 1 N–H and O–H groups in total. The Balaban J connectivity index is 1.74. The van der Waals surface area contributed by atoms with Crippen molar-refractivity contribution in [2.24, 2.45) is 0 Å². The van der Waals surface area contributed by atoms with Crippen molar-refractivity contribution >= 4 is 5.91 Å². The average Bonchev–Trinajstić information content (AvgIpc) is 2.96. The standard InChI is InChI=1S/C20H23NO4/c1-24-18-9-5-15(12-19(18)25-2)11-16-6-10-20(23)21(16)13-14-3-7-17(22)8-4-14/h3-5,7-9,12,16,22H,6,10-11,13H2,1-2H3. The quantitative estimate of drug-likeness (QED) is 0.877. The number of phenols is 1. The molecule has 0 radical (unpaired) electrons. The van der Waals surface area contributed by atoms with E-state index < -0.39 is 0 Å². The number of phenolic OH excluding ortho intramolecular Hbond substituents is 1. The number of benzene rings is 2. The van der Waals surface area contributed by atoms with Gasteiger partial charge >= 0.3 is 0 Å². The summed E-state index contributed by atoms with van der Waals surface area (Å²) in [5.74, 6) is 1.82. The maximum atomic E-state index is 12.3. The van der Waals surface area contributed by atoms with E-state index in [4.69, 9.17) is 9.47 Å². The number of hydrogen-bond acceptors (Lipinski definition) is 4. The Bertz CT molecular complexity index is 742. The lowest BCUT2D eigenvalue weighted by molar-refractivity contribution is -0.129. The van der Waals surface area contributed by atoms with E-state index in [1.54, 1.807) is 26.4 Å². The van der Waals surface area contributed by atoms with Gasteiger partial charge in [0.2, 0.25) is 5.91 Å². The molecule has 5 nitrogen and oxygen atoms in total. The molecule has 2 aromatic rings. The first-order valence-corrected chi connectivity index (χ1v) is 8.39. The van der Waals surface area contributed by atoms with Gasteiger partial charge in [-0.2, -0.15) is 0 Å². The van der Waals surface area contributed by atoms with Crippen LogP contribution in [0.3, 0.4) is 0 Å². The first kappa shape index (κ1) is 17.1. The molecule has 1 saturated heterocycles. The van der Waals surface area contributed by atoms with E-state index in [2.05, 4.69) is 0 Å². The van der Waals surface area contributed by atoms with Gasteiger partial charge in [-0.15, -0.1) is 0 Å². The molecule has 1 heterocycles. The lowest BCUT2D eigenvalue weighted by Crippen LogP contribution is -2.33. The number of hydrogen-bond donors (Lipinski definition) is 1. The SMILES string of the molecule is COc1ccc(CC2CCC(=O)N2Cc2ccc(O)cc2)cc1OC. The van der Waals surface area contributed by atoms with E-state index >= 15 is 0 Å². The number of nitrogens with zero attached hydrogens (tertiary/aromatic N) is 1. The van der Waals surface area contributed by atoms with E-state index in [1.807, 2.05) is 35.2 Å². The predicted molar refractivity (Wildman–Crippen MR) is 94.9 cm³/mol. The van der Waals surface area contributed by atoms with Gasteiger partial charge in [-0.25, -0.2) is 0 Å². The van der Waals surface area contributed by atoms with E-state index in [0.29, 0.717) is 24.5 Å². The van der Waals surface area contributed by atoms with Crippen LogP contribution in [0.25, 0.3) is 0 Å². The summed E-state index contributed by atoms with van der Waals surface area (Å²) in [4.78, 5) is 14.2. The predicted octanol–water partition coefficient (Wildman–Crippen LogP) is 3.14. The highest BCUT2D eigenvalue weighted by atomic mass is 16.5. The van der Waals surface area contributed by atoms with Crippen molar-refractivity contribution in [2.75, 3.05) is 14.2 Å². The van der Waals surface area contributed by atoms with E-state index in [0.717, 1.165) is 24.0 Å². The van der Waals surface area contributed by atoms with E-state index in [9.17, 15) is 9.90 Å². The first-order chi connectivity index (χ1) is 12.1. The molecular formula is C20H23NO4. The van der Waals surface area contributed by atoms with Crippen LogP contribution in [-0.4, -0.2) is 36.2 Å². The molecule has 1 atom stereocenters. The molecule has 5 heteroatoms. The van der Waals surface area contributed by atoms with Gasteiger partial charge in [0.25, 0.3) is 0 Å². The van der Waals surface area contributed by atoms with Gasteiger partial charge in [0.1, 0.15) is 5.75 Å². The van der Waals surface area contributed by atoms with Gasteiger partial charge in [-0.1, -0.05) is 18.2 Å². The fourth-order valence-electron chi connectivity index (χ4n) is 3.30. The number of carbonyl (C=O) groups excluding carboxylic acids is 1. The minimum Gasteiger partial charge on any atom is -0.508 e. The van der Waals surface area contributed by atoms with Gasteiger partial charge in [0.05, 0.1) is 14.2 Å². The Hall–Kier alpha value is -2.69. The Morgan fingerprint density at radius 2 is 1.72 bits per heavy atom. The largest absolute Gasteiger partial charge is 0.508 e. The summed E-state index contributed by atoms with van der Waals surface area (Å²) in [5.41, 5.74) is 2.14. The van der Waals surface area contributed by atoms with Crippen LogP contribution in [0.1, 0.15) is 24.0 Å². The van der Waals surface area contributed by atoms with Gasteiger partial charge < -0.3 is 19.5 Å². The van der Waals surface area contributed by atoms with E-state index in [-0.39, 0.29) is 17.7 Å². The van der Waals surface area contributed by atoms with Crippen molar-refractivity contribution < 1.29 is 19.4 Å². The van der Waals surface area contributed by atoms with Gasteiger partial charge in [0, 0.05) is 19.0 Å². The van der Waals surface area contributed by atoms with E-state index in [1.165, 1.54) is 0 Å². The molecule has 0 bridgehead atoms. The number of ether oxygens (including phenoxy) is 2. The summed E-state index contributed by atoms with van der Waals surface area (Å²) < 4.78 is 10.6. The van der Waals surface area contributed by atoms with Crippen LogP contribution in [0.2, 0.25) is 0 Å². The molecule has 132 valence electrons. The second kappa shape index (κ2) is 7.47. The molecule has 1 aliphatic heterocycles. The van der Waals surface area contributed by atoms with Crippen LogP contribution in [0.5, 0.6) is 17.2 Å². The Labute approximate surface area is 147 Å². The number of likely N-dealkylation sites (tertiary alicyclic amines) is 1. The van der Waals surface area contributed by atoms with Crippen molar-refractivity contribution in [3.8, 4) is 17.2 Å². The summed E-state index contributed by atoms with van der Waals surface area (Å²) in [6.07, 6.45) is 2.21. The third-order valence-electron chi connectivity index (χ3n) is 4.66. The summed E-state index contributed by atoms with van der Waals surface area (Å²) in [6, 6.07) is 13.1. The number of carbonyl (C=O) groups is 1. The lowest BCUT2D eigenvalue weighted by atomic mass is 10.0. The maximum absolute atomic E-state index is 12.3. The minimum atomic E-state index is 0.166. The van der Waals surface area contributed by atoms with Crippen LogP contribution in [0, 0.1) is 0 Å². The normalized spacial score (nSPS) is 17.0.